The number of hydrogen-bond donors (Lipinski definition) is 1. The van der Waals surface area contributed by atoms with Crippen molar-refractivity contribution in [2.45, 2.75) is 32.6 Å². The van der Waals surface area contributed by atoms with Crippen molar-refractivity contribution in [2.75, 3.05) is 18.0 Å². The molecule has 2 aromatic rings. The van der Waals surface area contributed by atoms with E-state index in [1.54, 1.807) is 31.2 Å². The number of hydrazone groups is 1. The van der Waals surface area contributed by atoms with Gasteiger partial charge in [-0.1, -0.05) is 50.6 Å². The third kappa shape index (κ3) is 5.73. The molecule has 0 aliphatic heterocycles. The number of carbonyl (C=O) groups is 1. The Morgan fingerprint density at radius 3 is 2.33 bits per heavy atom. The van der Waals surface area contributed by atoms with Gasteiger partial charge in [-0.05, 0) is 37.3 Å². The lowest BCUT2D eigenvalue weighted by Crippen LogP contribution is -2.40. The highest BCUT2D eigenvalue weighted by Gasteiger charge is 2.28. The Bertz CT molecular complexity index is 1030. The zero-order valence-electron chi connectivity index (χ0n) is 17.6. The summed E-state index contributed by atoms with van der Waals surface area (Å²) in [5.41, 5.74) is 3.15. The van der Waals surface area contributed by atoms with Gasteiger partial charge in [-0.2, -0.15) is 5.10 Å². The number of methoxy groups -OCH3 is 1. The number of hydrogen-bond acceptors (Lipinski definition) is 5. The normalized spacial score (nSPS) is 12.4. The smallest absolute Gasteiger partial charge is 0.264 e. The Balaban J connectivity index is 2.42. The minimum absolute atomic E-state index is 0.0547. The van der Waals surface area contributed by atoms with Crippen LogP contribution < -0.4 is 14.5 Å². The fourth-order valence-corrected chi connectivity index (χ4v) is 4.01. The van der Waals surface area contributed by atoms with Crippen molar-refractivity contribution in [3.8, 4) is 5.75 Å². The van der Waals surface area contributed by atoms with Crippen LogP contribution in [-0.2, 0) is 14.8 Å². The molecule has 0 heterocycles. The molecular formula is C21H26ClN3O4S. The van der Waals surface area contributed by atoms with Gasteiger partial charge in [0.05, 0.1) is 22.7 Å². The Labute approximate surface area is 182 Å². The lowest BCUT2D eigenvalue weighted by molar-refractivity contribution is -0.119. The summed E-state index contributed by atoms with van der Waals surface area (Å²) in [7, 11) is -2.57. The van der Waals surface area contributed by atoms with Gasteiger partial charge in [-0.3, -0.25) is 9.10 Å². The van der Waals surface area contributed by atoms with Crippen molar-refractivity contribution < 1.29 is 17.9 Å². The minimum Gasteiger partial charge on any atom is -0.495 e. The van der Waals surface area contributed by atoms with E-state index in [-0.39, 0.29) is 21.0 Å². The van der Waals surface area contributed by atoms with Crippen LogP contribution in [-0.4, -0.2) is 33.7 Å². The molecule has 0 saturated heterocycles. The van der Waals surface area contributed by atoms with Gasteiger partial charge < -0.3 is 4.74 Å². The lowest BCUT2D eigenvalue weighted by Gasteiger charge is -2.24. The molecule has 2 rings (SSSR count). The van der Waals surface area contributed by atoms with Gasteiger partial charge in [0.15, 0.2) is 0 Å². The van der Waals surface area contributed by atoms with Crippen molar-refractivity contribution >= 4 is 38.9 Å². The van der Waals surface area contributed by atoms with Crippen molar-refractivity contribution in [1.82, 2.24) is 5.43 Å². The fraction of sp³-hybridized carbons (Fsp3) is 0.333. The second-order valence-electron chi connectivity index (χ2n) is 7.63. The van der Waals surface area contributed by atoms with Gasteiger partial charge in [0.1, 0.15) is 12.3 Å². The number of ether oxygens (including phenoxy) is 1. The van der Waals surface area contributed by atoms with Crippen LogP contribution >= 0.6 is 11.6 Å². The summed E-state index contributed by atoms with van der Waals surface area (Å²) in [6, 6.07) is 12.4. The number of nitrogens with one attached hydrogen (secondary N) is 1. The molecule has 0 saturated carbocycles. The van der Waals surface area contributed by atoms with Crippen molar-refractivity contribution in [3.05, 3.63) is 53.6 Å². The SMILES string of the molecule is COc1ccc(N(CC(=O)N/N=C(/C)C(C)(C)C)S(=O)(=O)c2ccccc2)cc1Cl. The highest BCUT2D eigenvalue weighted by atomic mass is 35.5. The third-order valence-corrected chi connectivity index (χ3v) is 6.56. The molecule has 0 unspecified atom stereocenters. The van der Waals surface area contributed by atoms with Gasteiger partial charge in [0, 0.05) is 11.1 Å². The van der Waals surface area contributed by atoms with Crippen LogP contribution in [0.4, 0.5) is 5.69 Å². The first kappa shape index (κ1) is 23.7. The number of sulfonamides is 1. The molecule has 0 spiro atoms. The molecular weight excluding hydrogens is 426 g/mol. The Kier molecular flexibility index (Phi) is 7.49. The monoisotopic (exact) mass is 451 g/mol. The van der Waals surface area contributed by atoms with E-state index in [9.17, 15) is 13.2 Å². The number of amides is 1. The van der Waals surface area contributed by atoms with Crippen molar-refractivity contribution in [2.24, 2.45) is 10.5 Å². The molecule has 0 atom stereocenters. The van der Waals surface area contributed by atoms with Crippen LogP contribution in [0.3, 0.4) is 0 Å². The van der Waals surface area contributed by atoms with Crippen molar-refractivity contribution in [1.29, 1.82) is 0 Å². The van der Waals surface area contributed by atoms with E-state index in [1.807, 2.05) is 20.8 Å². The maximum atomic E-state index is 13.3. The molecule has 0 aromatic heterocycles. The van der Waals surface area contributed by atoms with Crippen LogP contribution in [0.5, 0.6) is 5.75 Å². The second kappa shape index (κ2) is 9.49. The van der Waals surface area contributed by atoms with Crippen LogP contribution in [0.2, 0.25) is 5.02 Å². The standard InChI is InChI=1S/C21H26ClN3O4S/c1-15(21(2,3)4)23-24-20(26)14-25(16-11-12-19(29-5)18(22)13-16)30(27,28)17-9-7-6-8-10-17/h6-13H,14H2,1-5H3,(H,24,26)/b23-15-. The number of halogens is 1. The average Bonchev–Trinajstić information content (AvgIpc) is 2.70. The summed E-state index contributed by atoms with van der Waals surface area (Å²) in [6.45, 7) is 7.21. The highest BCUT2D eigenvalue weighted by Crippen LogP contribution is 2.31. The van der Waals surface area contributed by atoms with Crippen LogP contribution in [0.15, 0.2) is 58.5 Å². The summed E-state index contributed by atoms with van der Waals surface area (Å²) in [5, 5.41) is 4.32. The molecule has 2 aromatic carbocycles. The maximum Gasteiger partial charge on any atom is 0.264 e. The first-order valence-electron chi connectivity index (χ1n) is 9.21. The van der Waals surface area contributed by atoms with Gasteiger partial charge in [0.25, 0.3) is 15.9 Å². The Morgan fingerprint density at radius 2 is 1.80 bits per heavy atom. The van der Waals surface area contributed by atoms with Gasteiger partial charge in [0.2, 0.25) is 0 Å². The molecule has 7 nitrogen and oxygen atoms in total. The molecule has 1 N–H and O–H groups in total. The van der Waals surface area contributed by atoms with Crippen LogP contribution in [0.1, 0.15) is 27.7 Å². The number of nitrogens with zero attached hydrogens (tertiary/aromatic N) is 2. The molecule has 9 heteroatoms. The van der Waals surface area contributed by atoms with E-state index in [0.29, 0.717) is 11.5 Å². The quantitative estimate of drug-likeness (QED) is 0.507. The summed E-state index contributed by atoms with van der Waals surface area (Å²) in [6.07, 6.45) is 0. The number of anilines is 1. The zero-order valence-corrected chi connectivity index (χ0v) is 19.2. The van der Waals surface area contributed by atoms with Gasteiger partial charge in [-0.25, -0.2) is 13.8 Å². The second-order valence-corrected chi connectivity index (χ2v) is 9.90. The predicted octanol–water partition coefficient (Wildman–Crippen LogP) is 4.08. The van der Waals surface area contributed by atoms with E-state index < -0.39 is 22.5 Å². The molecule has 0 aliphatic carbocycles. The first-order valence-corrected chi connectivity index (χ1v) is 11.0. The van der Waals surface area contributed by atoms with Crippen molar-refractivity contribution in [3.63, 3.8) is 0 Å². The first-order chi connectivity index (χ1) is 14.0. The summed E-state index contributed by atoms with van der Waals surface area (Å²) in [5.74, 6) is -0.183. The van der Waals surface area contributed by atoms with Gasteiger partial charge >= 0.3 is 0 Å². The summed E-state index contributed by atoms with van der Waals surface area (Å²) < 4.78 is 32.7. The lowest BCUT2D eigenvalue weighted by atomic mass is 9.91. The zero-order chi connectivity index (χ0) is 22.5. The molecule has 30 heavy (non-hydrogen) atoms. The van der Waals surface area contributed by atoms with Crippen LogP contribution in [0.25, 0.3) is 0 Å². The van der Waals surface area contributed by atoms with E-state index in [2.05, 4.69) is 10.5 Å². The molecule has 0 bridgehead atoms. The third-order valence-electron chi connectivity index (χ3n) is 4.48. The number of rotatable bonds is 7. The molecule has 162 valence electrons. The Hall–Kier alpha value is -2.58. The largest absolute Gasteiger partial charge is 0.495 e. The van der Waals surface area contributed by atoms with Crippen LogP contribution in [0, 0.1) is 5.41 Å². The number of benzene rings is 2. The average molecular weight is 452 g/mol. The molecule has 0 radical (unpaired) electrons. The fourth-order valence-electron chi connectivity index (χ4n) is 2.32. The van der Waals surface area contributed by atoms with E-state index in [4.69, 9.17) is 16.3 Å². The summed E-state index contributed by atoms with van der Waals surface area (Å²) >= 11 is 6.19. The maximum absolute atomic E-state index is 13.3. The number of carbonyl (C=O) groups excluding carboxylic acids is 1. The molecule has 0 aliphatic rings. The van der Waals surface area contributed by atoms with E-state index in [1.165, 1.54) is 31.4 Å². The molecule has 1 amide bonds. The predicted molar refractivity (Wildman–Crippen MR) is 120 cm³/mol. The highest BCUT2D eigenvalue weighted by molar-refractivity contribution is 7.92. The van der Waals surface area contributed by atoms with Gasteiger partial charge in [-0.15, -0.1) is 0 Å². The molecule has 0 fully saturated rings. The topological polar surface area (TPSA) is 88.1 Å². The van der Waals surface area contributed by atoms with E-state index >= 15 is 0 Å². The minimum atomic E-state index is -4.03. The Morgan fingerprint density at radius 1 is 1.17 bits per heavy atom. The summed E-state index contributed by atoms with van der Waals surface area (Å²) in [4.78, 5) is 12.6. The van der Waals surface area contributed by atoms with E-state index in [0.717, 1.165) is 4.31 Å².